The number of anilines is 1. The van der Waals surface area contributed by atoms with Gasteiger partial charge in [0.2, 0.25) is 0 Å². The van der Waals surface area contributed by atoms with Gasteiger partial charge in [-0.3, -0.25) is 0 Å². The summed E-state index contributed by atoms with van der Waals surface area (Å²) in [6, 6.07) is 8.49. The molecule has 0 aliphatic carbocycles. The predicted octanol–water partition coefficient (Wildman–Crippen LogP) is 3.44. The first-order chi connectivity index (χ1) is 10.5. The van der Waals surface area contributed by atoms with Crippen LogP contribution >= 0.6 is 0 Å². The smallest absolute Gasteiger partial charge is 0.166 e. The van der Waals surface area contributed by atoms with E-state index in [4.69, 9.17) is 4.74 Å². The standard InChI is InChI=1S/C17H17F2N2O/c1-11(2)22-13-9-21(10-13)17-16(19)7-12(8-20-17)14-5-3-4-6-15(14)18/h3-5,7-8,11,13H,9-10H2,1-2H3. The molecule has 1 aliphatic heterocycles. The number of hydrogen-bond acceptors (Lipinski definition) is 3. The largest absolute Gasteiger partial charge is 0.372 e. The summed E-state index contributed by atoms with van der Waals surface area (Å²) in [4.78, 5) is 5.97. The van der Waals surface area contributed by atoms with Crippen LogP contribution in [0.15, 0.2) is 30.5 Å². The fourth-order valence-electron chi connectivity index (χ4n) is 2.53. The maximum atomic E-state index is 14.3. The molecule has 2 heterocycles. The van der Waals surface area contributed by atoms with Crippen LogP contribution in [0.3, 0.4) is 0 Å². The zero-order valence-electron chi connectivity index (χ0n) is 12.5. The van der Waals surface area contributed by atoms with E-state index in [1.54, 1.807) is 12.1 Å². The van der Waals surface area contributed by atoms with Gasteiger partial charge in [-0.25, -0.2) is 13.8 Å². The summed E-state index contributed by atoms with van der Waals surface area (Å²) in [5.74, 6) is -0.678. The Morgan fingerprint density at radius 2 is 2.14 bits per heavy atom. The van der Waals surface area contributed by atoms with E-state index in [1.807, 2.05) is 18.7 Å². The highest BCUT2D eigenvalue weighted by Gasteiger charge is 2.31. The van der Waals surface area contributed by atoms with Crippen LogP contribution in [0.5, 0.6) is 0 Å². The average molecular weight is 303 g/mol. The summed E-state index contributed by atoms with van der Waals surface area (Å²) in [6.45, 7) is 5.19. The van der Waals surface area contributed by atoms with Crippen LogP contribution in [0.1, 0.15) is 13.8 Å². The van der Waals surface area contributed by atoms with Crippen molar-refractivity contribution in [3.05, 3.63) is 48.2 Å². The zero-order valence-corrected chi connectivity index (χ0v) is 12.5. The Labute approximate surface area is 128 Å². The van der Waals surface area contributed by atoms with E-state index in [1.165, 1.54) is 18.3 Å². The molecule has 1 aliphatic rings. The third kappa shape index (κ3) is 2.95. The first-order valence-corrected chi connectivity index (χ1v) is 7.27. The minimum Gasteiger partial charge on any atom is -0.372 e. The van der Waals surface area contributed by atoms with Crippen molar-refractivity contribution >= 4 is 5.82 Å². The molecular formula is C17H17F2N2O. The highest BCUT2D eigenvalue weighted by atomic mass is 19.1. The average Bonchev–Trinajstić information content (AvgIpc) is 2.43. The van der Waals surface area contributed by atoms with Gasteiger partial charge < -0.3 is 9.64 Å². The monoisotopic (exact) mass is 303 g/mol. The molecule has 0 spiro atoms. The summed E-state index contributed by atoms with van der Waals surface area (Å²) in [5, 5.41) is 0. The second-order valence-electron chi connectivity index (χ2n) is 5.64. The maximum absolute atomic E-state index is 14.3. The minimum atomic E-state index is -0.509. The molecule has 0 bridgehead atoms. The van der Waals surface area contributed by atoms with Gasteiger partial charge in [0, 0.05) is 36.5 Å². The molecule has 0 atom stereocenters. The number of pyridine rings is 1. The van der Waals surface area contributed by atoms with E-state index < -0.39 is 11.6 Å². The first-order valence-electron chi connectivity index (χ1n) is 7.27. The van der Waals surface area contributed by atoms with Crippen molar-refractivity contribution in [2.45, 2.75) is 26.1 Å². The minimum absolute atomic E-state index is 0.113. The van der Waals surface area contributed by atoms with E-state index in [-0.39, 0.29) is 18.0 Å². The van der Waals surface area contributed by atoms with Gasteiger partial charge >= 0.3 is 0 Å². The molecule has 1 aromatic carbocycles. The van der Waals surface area contributed by atoms with Crippen molar-refractivity contribution < 1.29 is 13.5 Å². The van der Waals surface area contributed by atoms with Crippen LogP contribution in [-0.4, -0.2) is 30.3 Å². The van der Waals surface area contributed by atoms with Gasteiger partial charge in [0.1, 0.15) is 5.82 Å². The highest BCUT2D eigenvalue weighted by molar-refractivity contribution is 5.65. The van der Waals surface area contributed by atoms with Crippen LogP contribution in [0.25, 0.3) is 11.1 Å². The second kappa shape index (κ2) is 6.01. The number of aromatic nitrogens is 1. The van der Waals surface area contributed by atoms with Gasteiger partial charge in [-0.2, -0.15) is 0 Å². The molecule has 0 unspecified atom stereocenters. The third-order valence-electron chi connectivity index (χ3n) is 3.55. The zero-order chi connectivity index (χ0) is 15.7. The van der Waals surface area contributed by atoms with Crippen LogP contribution in [0.2, 0.25) is 0 Å². The molecular weight excluding hydrogens is 286 g/mol. The van der Waals surface area contributed by atoms with Gasteiger partial charge in [-0.15, -0.1) is 0 Å². The van der Waals surface area contributed by atoms with Gasteiger partial charge in [0.15, 0.2) is 11.6 Å². The predicted molar refractivity (Wildman–Crippen MR) is 80.6 cm³/mol. The van der Waals surface area contributed by atoms with Crippen molar-refractivity contribution in [3.63, 3.8) is 0 Å². The number of hydrogen-bond donors (Lipinski definition) is 0. The van der Waals surface area contributed by atoms with E-state index in [2.05, 4.69) is 11.1 Å². The summed E-state index contributed by atoms with van der Waals surface area (Å²) in [6.07, 6.45) is 1.76. The van der Waals surface area contributed by atoms with Crippen molar-refractivity contribution in [1.29, 1.82) is 0 Å². The number of rotatable bonds is 4. The SMILES string of the molecule is CC(C)OC1CN(c2ncc(-c3ccc[c]c3F)cc2F)C1. The van der Waals surface area contributed by atoms with Crippen molar-refractivity contribution in [2.75, 3.05) is 18.0 Å². The molecule has 1 fully saturated rings. The Kier molecular flexibility index (Phi) is 4.07. The normalized spacial score (nSPS) is 15.2. The van der Waals surface area contributed by atoms with Gasteiger partial charge in [-0.05, 0) is 19.9 Å². The third-order valence-corrected chi connectivity index (χ3v) is 3.55. The Bertz CT molecular complexity index is 669. The number of halogens is 2. The lowest BCUT2D eigenvalue weighted by molar-refractivity contribution is -0.00766. The lowest BCUT2D eigenvalue weighted by Gasteiger charge is -2.40. The van der Waals surface area contributed by atoms with E-state index >= 15 is 0 Å². The quantitative estimate of drug-likeness (QED) is 0.865. The lowest BCUT2D eigenvalue weighted by Crippen LogP contribution is -2.53. The van der Waals surface area contributed by atoms with Crippen LogP contribution in [-0.2, 0) is 4.74 Å². The van der Waals surface area contributed by atoms with E-state index in [9.17, 15) is 8.78 Å². The molecule has 22 heavy (non-hydrogen) atoms. The van der Waals surface area contributed by atoms with E-state index in [0.29, 0.717) is 24.2 Å². The molecule has 0 N–H and O–H groups in total. The number of ether oxygens (including phenoxy) is 1. The second-order valence-corrected chi connectivity index (χ2v) is 5.64. The molecule has 5 heteroatoms. The highest BCUT2D eigenvalue weighted by Crippen LogP contribution is 2.28. The lowest BCUT2D eigenvalue weighted by atomic mass is 10.1. The molecule has 1 aromatic heterocycles. The first kappa shape index (κ1) is 14.9. The summed E-state index contributed by atoms with van der Waals surface area (Å²) < 4.78 is 33.6. The van der Waals surface area contributed by atoms with Gasteiger partial charge in [0.05, 0.1) is 12.2 Å². The Hall–Kier alpha value is -2.01. The molecule has 115 valence electrons. The van der Waals surface area contributed by atoms with Crippen LogP contribution in [0, 0.1) is 17.7 Å². The molecule has 3 nitrogen and oxygen atoms in total. The van der Waals surface area contributed by atoms with Crippen molar-refractivity contribution in [3.8, 4) is 11.1 Å². The van der Waals surface area contributed by atoms with Crippen molar-refractivity contribution in [2.24, 2.45) is 0 Å². The fraction of sp³-hybridized carbons (Fsp3) is 0.353. The van der Waals surface area contributed by atoms with Crippen LogP contribution in [0.4, 0.5) is 14.6 Å². The summed E-state index contributed by atoms with van der Waals surface area (Å²) in [5.41, 5.74) is 0.705. The van der Waals surface area contributed by atoms with Crippen LogP contribution < -0.4 is 4.90 Å². The molecule has 0 amide bonds. The maximum Gasteiger partial charge on any atom is 0.166 e. The molecule has 1 saturated heterocycles. The topological polar surface area (TPSA) is 25.4 Å². The summed E-state index contributed by atoms with van der Waals surface area (Å²) >= 11 is 0. The fourth-order valence-corrected chi connectivity index (χ4v) is 2.53. The molecule has 2 aromatic rings. The number of nitrogens with zero attached hydrogens (tertiary/aromatic N) is 2. The number of benzene rings is 1. The van der Waals surface area contributed by atoms with E-state index in [0.717, 1.165) is 0 Å². The van der Waals surface area contributed by atoms with Gasteiger partial charge in [0.25, 0.3) is 0 Å². The summed E-state index contributed by atoms with van der Waals surface area (Å²) in [7, 11) is 0. The molecule has 0 saturated carbocycles. The Balaban J connectivity index is 1.76. The Morgan fingerprint density at radius 3 is 2.77 bits per heavy atom. The molecule has 3 rings (SSSR count). The molecule has 1 radical (unpaired) electrons. The van der Waals surface area contributed by atoms with Gasteiger partial charge in [-0.1, -0.05) is 18.2 Å². The Morgan fingerprint density at radius 1 is 1.36 bits per heavy atom. The van der Waals surface area contributed by atoms with Crippen molar-refractivity contribution in [1.82, 2.24) is 4.98 Å².